The summed E-state index contributed by atoms with van der Waals surface area (Å²) in [5.41, 5.74) is 7.28. The van der Waals surface area contributed by atoms with Gasteiger partial charge in [-0.1, -0.05) is 26.0 Å². The van der Waals surface area contributed by atoms with E-state index < -0.39 is 0 Å². The molecule has 0 saturated heterocycles. The highest BCUT2D eigenvalue weighted by atomic mass is 15.2. The van der Waals surface area contributed by atoms with E-state index in [-0.39, 0.29) is 0 Å². The summed E-state index contributed by atoms with van der Waals surface area (Å²) in [6, 6.07) is 7.49. The number of nitrogens with zero attached hydrogens (tertiary/aromatic N) is 2. The Bertz CT molecular complexity index is 367. The molecule has 14 heavy (non-hydrogen) atoms. The summed E-state index contributed by atoms with van der Waals surface area (Å²) in [5.74, 6) is 0.738. The minimum Gasteiger partial charge on any atom is -0.399 e. The number of H-pyrrole nitrogens is 1. The molecule has 0 fully saturated rings. The summed E-state index contributed by atoms with van der Waals surface area (Å²) >= 11 is 0. The van der Waals surface area contributed by atoms with Gasteiger partial charge in [-0.25, -0.2) is 4.98 Å². The molecule has 0 spiro atoms. The lowest BCUT2D eigenvalue weighted by Gasteiger charge is -1.96. The maximum atomic E-state index is 5.60. The summed E-state index contributed by atoms with van der Waals surface area (Å²) in [4.78, 5) is 4.01. The molecule has 0 unspecified atom stereocenters. The van der Waals surface area contributed by atoms with Crippen molar-refractivity contribution in [3.63, 3.8) is 0 Å². The third-order valence-electron chi connectivity index (χ3n) is 1.58. The second-order valence-corrected chi connectivity index (χ2v) is 2.46. The van der Waals surface area contributed by atoms with Crippen molar-refractivity contribution >= 4 is 5.69 Å². The van der Waals surface area contributed by atoms with Crippen molar-refractivity contribution in [2.24, 2.45) is 0 Å². The third kappa shape index (κ3) is 2.32. The van der Waals surface area contributed by atoms with Crippen LogP contribution in [-0.2, 0) is 0 Å². The fourth-order valence-corrected chi connectivity index (χ4v) is 1.03. The van der Waals surface area contributed by atoms with Crippen molar-refractivity contribution < 1.29 is 0 Å². The molecule has 1 aromatic heterocycles. The molecule has 0 aliphatic heterocycles. The number of aromatic nitrogens is 3. The highest BCUT2D eigenvalue weighted by Gasteiger charge is 1.98. The van der Waals surface area contributed by atoms with Crippen molar-refractivity contribution in [1.82, 2.24) is 15.2 Å². The minimum absolute atomic E-state index is 0.726. The second kappa shape index (κ2) is 5.01. The van der Waals surface area contributed by atoms with E-state index in [1.807, 2.05) is 38.1 Å². The molecule has 4 heteroatoms. The quantitative estimate of drug-likeness (QED) is 0.676. The van der Waals surface area contributed by atoms with E-state index in [9.17, 15) is 0 Å². The number of anilines is 1. The molecule has 3 N–H and O–H groups in total. The van der Waals surface area contributed by atoms with Crippen molar-refractivity contribution in [3.05, 3.63) is 30.6 Å². The molecule has 4 nitrogen and oxygen atoms in total. The Hall–Kier alpha value is -1.84. The molecule has 0 saturated carbocycles. The zero-order valence-corrected chi connectivity index (χ0v) is 8.36. The Labute approximate surface area is 83.2 Å². The van der Waals surface area contributed by atoms with Crippen LogP contribution in [0, 0.1) is 0 Å². The Morgan fingerprint density at radius 1 is 1.29 bits per heavy atom. The number of benzene rings is 1. The van der Waals surface area contributed by atoms with Gasteiger partial charge in [0, 0.05) is 11.3 Å². The predicted molar refractivity (Wildman–Crippen MR) is 57.6 cm³/mol. The van der Waals surface area contributed by atoms with Crippen molar-refractivity contribution in [2.75, 3.05) is 5.73 Å². The van der Waals surface area contributed by atoms with Gasteiger partial charge < -0.3 is 5.73 Å². The van der Waals surface area contributed by atoms with Gasteiger partial charge in [0.1, 0.15) is 6.33 Å². The molecule has 0 aliphatic carbocycles. The molecule has 0 atom stereocenters. The van der Waals surface area contributed by atoms with Crippen LogP contribution in [0.5, 0.6) is 0 Å². The molecule has 0 bridgehead atoms. The molecule has 2 aromatic rings. The van der Waals surface area contributed by atoms with Crippen LogP contribution in [0.3, 0.4) is 0 Å². The Kier molecular flexibility index (Phi) is 3.67. The van der Waals surface area contributed by atoms with Crippen molar-refractivity contribution in [1.29, 1.82) is 0 Å². The minimum atomic E-state index is 0.726. The van der Waals surface area contributed by atoms with Crippen molar-refractivity contribution in [2.45, 2.75) is 13.8 Å². The van der Waals surface area contributed by atoms with Crippen LogP contribution < -0.4 is 5.73 Å². The van der Waals surface area contributed by atoms with Gasteiger partial charge in [0.05, 0.1) is 0 Å². The van der Waals surface area contributed by atoms with Gasteiger partial charge in [-0.15, -0.1) is 0 Å². The number of nitrogens with two attached hydrogens (primary N) is 1. The molecule has 1 aromatic carbocycles. The van der Waals surface area contributed by atoms with E-state index in [4.69, 9.17) is 5.73 Å². The van der Waals surface area contributed by atoms with Crippen LogP contribution in [0.25, 0.3) is 11.4 Å². The first kappa shape index (κ1) is 10.2. The van der Waals surface area contributed by atoms with Crippen LogP contribution in [0.1, 0.15) is 13.8 Å². The number of rotatable bonds is 1. The lowest BCUT2D eigenvalue weighted by molar-refractivity contribution is 1.10. The molecule has 2 rings (SSSR count). The topological polar surface area (TPSA) is 67.6 Å². The predicted octanol–water partition coefficient (Wildman–Crippen LogP) is 2.08. The van der Waals surface area contributed by atoms with E-state index in [2.05, 4.69) is 15.2 Å². The SMILES string of the molecule is CC.Nc1cccc(-c2ncn[nH]2)c1. The number of aromatic amines is 1. The Balaban J connectivity index is 0.000000461. The third-order valence-corrected chi connectivity index (χ3v) is 1.58. The first-order valence-corrected chi connectivity index (χ1v) is 4.57. The molecule has 0 radical (unpaired) electrons. The standard InChI is InChI=1S/C8H8N4.C2H6/c9-7-3-1-2-6(4-7)8-10-5-11-12-8;1-2/h1-5H,9H2,(H,10,11,12);1-2H3. The van der Waals surface area contributed by atoms with Gasteiger partial charge in [-0.05, 0) is 12.1 Å². The Morgan fingerprint density at radius 2 is 2.07 bits per heavy atom. The maximum Gasteiger partial charge on any atom is 0.155 e. The van der Waals surface area contributed by atoms with E-state index in [1.165, 1.54) is 6.33 Å². The molecule has 0 aliphatic rings. The van der Waals surface area contributed by atoms with Crippen LogP contribution in [0.15, 0.2) is 30.6 Å². The number of nitrogens with one attached hydrogen (secondary N) is 1. The van der Waals surface area contributed by atoms with Crippen molar-refractivity contribution in [3.8, 4) is 11.4 Å². The summed E-state index contributed by atoms with van der Waals surface area (Å²) < 4.78 is 0. The van der Waals surface area contributed by atoms with Gasteiger partial charge in [0.25, 0.3) is 0 Å². The largest absolute Gasteiger partial charge is 0.399 e. The number of hydrogen-bond donors (Lipinski definition) is 2. The Morgan fingerprint density at radius 3 is 2.64 bits per heavy atom. The van der Waals surface area contributed by atoms with Gasteiger partial charge in [-0.2, -0.15) is 5.10 Å². The summed E-state index contributed by atoms with van der Waals surface area (Å²) in [6.07, 6.45) is 1.47. The smallest absolute Gasteiger partial charge is 0.155 e. The van der Waals surface area contributed by atoms with Gasteiger partial charge >= 0.3 is 0 Å². The van der Waals surface area contributed by atoms with Gasteiger partial charge in [0.2, 0.25) is 0 Å². The lowest BCUT2D eigenvalue weighted by atomic mass is 10.2. The van der Waals surface area contributed by atoms with E-state index >= 15 is 0 Å². The van der Waals surface area contributed by atoms with Crippen LogP contribution in [-0.4, -0.2) is 15.2 Å². The van der Waals surface area contributed by atoms with Crippen LogP contribution in [0.2, 0.25) is 0 Å². The molecule has 0 amide bonds. The van der Waals surface area contributed by atoms with E-state index in [0.29, 0.717) is 0 Å². The molecular formula is C10H14N4. The molecule has 1 heterocycles. The zero-order chi connectivity index (χ0) is 10.4. The summed E-state index contributed by atoms with van der Waals surface area (Å²) in [5, 5.41) is 6.52. The van der Waals surface area contributed by atoms with E-state index in [1.54, 1.807) is 0 Å². The highest BCUT2D eigenvalue weighted by Crippen LogP contribution is 2.15. The molecular weight excluding hydrogens is 176 g/mol. The fraction of sp³-hybridized carbons (Fsp3) is 0.200. The van der Waals surface area contributed by atoms with Gasteiger partial charge in [-0.3, -0.25) is 5.10 Å². The number of nitrogen functional groups attached to an aromatic ring is 1. The van der Waals surface area contributed by atoms with Crippen LogP contribution in [0.4, 0.5) is 5.69 Å². The average molecular weight is 190 g/mol. The van der Waals surface area contributed by atoms with Crippen LogP contribution >= 0.6 is 0 Å². The number of hydrogen-bond acceptors (Lipinski definition) is 3. The monoisotopic (exact) mass is 190 g/mol. The first-order chi connectivity index (χ1) is 6.86. The highest BCUT2D eigenvalue weighted by molar-refractivity contribution is 5.60. The summed E-state index contributed by atoms with van der Waals surface area (Å²) in [6.45, 7) is 4.00. The zero-order valence-electron chi connectivity index (χ0n) is 8.36. The average Bonchev–Trinajstić information content (AvgIpc) is 2.74. The van der Waals surface area contributed by atoms with E-state index in [0.717, 1.165) is 17.1 Å². The second-order valence-electron chi connectivity index (χ2n) is 2.46. The lowest BCUT2D eigenvalue weighted by Crippen LogP contribution is -1.86. The first-order valence-electron chi connectivity index (χ1n) is 4.57. The normalized spacial score (nSPS) is 9.00. The summed E-state index contributed by atoms with van der Waals surface area (Å²) in [7, 11) is 0. The molecule has 74 valence electrons. The fourth-order valence-electron chi connectivity index (χ4n) is 1.03. The van der Waals surface area contributed by atoms with Gasteiger partial charge in [0.15, 0.2) is 5.82 Å². The maximum absolute atomic E-state index is 5.60.